The van der Waals surface area contributed by atoms with Gasteiger partial charge < -0.3 is 9.47 Å². The molecule has 0 spiro atoms. The van der Waals surface area contributed by atoms with Crippen molar-refractivity contribution in [1.29, 1.82) is 5.26 Å². The number of benzene rings is 2. The molecule has 170 valence electrons. The van der Waals surface area contributed by atoms with E-state index in [9.17, 15) is 18.5 Å². The predicted octanol–water partition coefficient (Wildman–Crippen LogP) is 3.25. The Labute approximate surface area is 195 Å². The van der Waals surface area contributed by atoms with Crippen molar-refractivity contribution in [3.63, 3.8) is 0 Å². The van der Waals surface area contributed by atoms with E-state index in [1.807, 2.05) is 37.3 Å². The summed E-state index contributed by atoms with van der Waals surface area (Å²) in [7, 11) is -3.53. The minimum Gasteiger partial charge on any atom is -0.490 e. The van der Waals surface area contributed by atoms with Crippen molar-refractivity contribution in [3.8, 4) is 17.6 Å². The zero-order chi connectivity index (χ0) is 23.8. The summed E-state index contributed by atoms with van der Waals surface area (Å²) in [6.07, 6.45) is 2.39. The van der Waals surface area contributed by atoms with Gasteiger partial charge in [0, 0.05) is 6.26 Å². The minimum atomic E-state index is -3.53. The van der Waals surface area contributed by atoms with Gasteiger partial charge in [0.25, 0.3) is 5.91 Å². The first kappa shape index (κ1) is 23.9. The van der Waals surface area contributed by atoms with Gasteiger partial charge in [-0.15, -0.1) is 10.2 Å². The van der Waals surface area contributed by atoms with Crippen molar-refractivity contribution < 1.29 is 22.7 Å². The summed E-state index contributed by atoms with van der Waals surface area (Å²) in [6, 6.07) is 16.4. The van der Waals surface area contributed by atoms with E-state index >= 15 is 0 Å². The van der Waals surface area contributed by atoms with Crippen LogP contribution in [0.25, 0.3) is 6.08 Å². The standard InChI is InChI=1S/C22H20N4O5S2/c1-15-3-7-18(8-4-15)30-11-12-31-19-9-5-16(6-10-19)13-17(14-23)20(27)24-21-25-26-22(32-21)33(2,28)29/h3-10,13H,11-12H2,1-2H3,(H,24,25,27). The first-order chi connectivity index (χ1) is 15.7. The molecule has 33 heavy (non-hydrogen) atoms. The molecule has 0 aliphatic heterocycles. The van der Waals surface area contributed by atoms with E-state index in [1.54, 1.807) is 24.3 Å². The summed E-state index contributed by atoms with van der Waals surface area (Å²) in [5, 5.41) is 18.8. The van der Waals surface area contributed by atoms with Crippen LogP contribution in [-0.4, -0.2) is 44.0 Å². The lowest BCUT2D eigenvalue weighted by atomic mass is 10.1. The Balaban J connectivity index is 1.54. The molecule has 3 rings (SSSR count). The fourth-order valence-corrected chi connectivity index (χ4v) is 4.01. The van der Waals surface area contributed by atoms with Crippen molar-refractivity contribution in [2.45, 2.75) is 11.3 Å². The molecule has 0 atom stereocenters. The van der Waals surface area contributed by atoms with Gasteiger partial charge in [-0.1, -0.05) is 41.2 Å². The van der Waals surface area contributed by atoms with Crippen LogP contribution < -0.4 is 14.8 Å². The number of hydrogen-bond acceptors (Lipinski definition) is 9. The molecule has 0 aliphatic carbocycles. The van der Waals surface area contributed by atoms with Crippen LogP contribution in [0.4, 0.5) is 5.13 Å². The molecule has 0 saturated carbocycles. The number of amides is 1. The normalized spacial score (nSPS) is 11.5. The van der Waals surface area contributed by atoms with Gasteiger partial charge in [-0.2, -0.15) is 5.26 Å². The molecule has 1 amide bonds. The number of aryl methyl sites for hydroxylation is 1. The van der Waals surface area contributed by atoms with Crippen molar-refractivity contribution >= 4 is 38.3 Å². The highest BCUT2D eigenvalue weighted by atomic mass is 32.2. The quantitative estimate of drug-likeness (QED) is 0.212. The number of nitriles is 1. The molecule has 0 bridgehead atoms. The zero-order valence-electron chi connectivity index (χ0n) is 17.8. The second-order valence-electron chi connectivity index (χ2n) is 6.85. The number of carbonyl (C=O) groups excluding carboxylic acids is 1. The highest BCUT2D eigenvalue weighted by molar-refractivity contribution is 7.92. The molecular weight excluding hydrogens is 464 g/mol. The maximum absolute atomic E-state index is 12.3. The third-order valence-electron chi connectivity index (χ3n) is 4.14. The molecule has 2 aromatic carbocycles. The van der Waals surface area contributed by atoms with Crippen molar-refractivity contribution in [1.82, 2.24) is 10.2 Å². The Hall–Kier alpha value is -3.75. The van der Waals surface area contributed by atoms with E-state index in [-0.39, 0.29) is 15.0 Å². The molecule has 0 unspecified atom stereocenters. The Morgan fingerprint density at radius 1 is 1.06 bits per heavy atom. The maximum Gasteiger partial charge on any atom is 0.268 e. The van der Waals surface area contributed by atoms with Gasteiger partial charge in [0.1, 0.15) is 36.4 Å². The second kappa shape index (κ2) is 10.7. The van der Waals surface area contributed by atoms with Gasteiger partial charge in [0.05, 0.1) is 0 Å². The van der Waals surface area contributed by atoms with Crippen molar-refractivity contribution in [2.24, 2.45) is 0 Å². The van der Waals surface area contributed by atoms with Crippen molar-refractivity contribution in [2.75, 3.05) is 24.8 Å². The summed E-state index contributed by atoms with van der Waals surface area (Å²) in [5.41, 5.74) is 1.59. The van der Waals surface area contributed by atoms with Crippen LogP contribution in [0.5, 0.6) is 11.5 Å². The van der Waals surface area contributed by atoms with E-state index < -0.39 is 15.7 Å². The molecule has 9 nitrogen and oxygen atoms in total. The van der Waals surface area contributed by atoms with Crippen LogP contribution in [0.2, 0.25) is 0 Å². The summed E-state index contributed by atoms with van der Waals surface area (Å²) in [4.78, 5) is 12.3. The number of rotatable bonds is 9. The molecule has 1 aromatic heterocycles. The van der Waals surface area contributed by atoms with Crippen LogP contribution >= 0.6 is 11.3 Å². The van der Waals surface area contributed by atoms with Gasteiger partial charge >= 0.3 is 0 Å². The number of carbonyl (C=O) groups is 1. The number of nitrogens with one attached hydrogen (secondary N) is 1. The average molecular weight is 485 g/mol. The zero-order valence-corrected chi connectivity index (χ0v) is 19.4. The first-order valence-corrected chi connectivity index (χ1v) is 12.3. The molecule has 0 fully saturated rings. The summed E-state index contributed by atoms with van der Waals surface area (Å²) < 4.78 is 34.0. The summed E-state index contributed by atoms with van der Waals surface area (Å²) >= 11 is 0.707. The minimum absolute atomic E-state index is 0.0156. The monoisotopic (exact) mass is 484 g/mol. The number of ether oxygens (including phenoxy) is 2. The third-order valence-corrected chi connectivity index (χ3v) is 6.65. The highest BCUT2D eigenvalue weighted by Crippen LogP contribution is 2.21. The molecule has 3 aromatic rings. The molecule has 0 aliphatic rings. The topological polar surface area (TPSA) is 131 Å². The predicted molar refractivity (Wildman–Crippen MR) is 124 cm³/mol. The van der Waals surface area contributed by atoms with Gasteiger partial charge in [-0.05, 0) is 42.8 Å². The molecule has 1 N–H and O–H groups in total. The Morgan fingerprint density at radius 2 is 1.64 bits per heavy atom. The highest BCUT2D eigenvalue weighted by Gasteiger charge is 2.17. The fraction of sp³-hybridized carbons (Fsp3) is 0.182. The SMILES string of the molecule is Cc1ccc(OCCOc2ccc(C=C(C#N)C(=O)Nc3nnc(S(C)(=O)=O)s3)cc2)cc1. The van der Waals surface area contributed by atoms with E-state index in [0.29, 0.717) is 35.9 Å². The number of sulfone groups is 1. The van der Waals surface area contributed by atoms with E-state index in [4.69, 9.17) is 9.47 Å². The number of nitrogens with zero attached hydrogens (tertiary/aromatic N) is 3. The van der Waals surface area contributed by atoms with Crippen LogP contribution in [0.15, 0.2) is 58.4 Å². The van der Waals surface area contributed by atoms with E-state index in [1.165, 1.54) is 6.08 Å². The molecule has 0 radical (unpaired) electrons. The van der Waals surface area contributed by atoms with Crippen molar-refractivity contribution in [3.05, 3.63) is 65.2 Å². The Kier molecular flexibility index (Phi) is 7.76. The lowest BCUT2D eigenvalue weighted by molar-refractivity contribution is -0.112. The van der Waals surface area contributed by atoms with Crippen LogP contribution in [-0.2, 0) is 14.6 Å². The van der Waals surface area contributed by atoms with Crippen LogP contribution in [0, 0.1) is 18.3 Å². The smallest absolute Gasteiger partial charge is 0.268 e. The van der Waals surface area contributed by atoms with Crippen LogP contribution in [0.1, 0.15) is 11.1 Å². The molecule has 0 saturated heterocycles. The number of hydrogen-bond donors (Lipinski definition) is 1. The number of aromatic nitrogens is 2. The largest absolute Gasteiger partial charge is 0.490 e. The fourth-order valence-electron chi connectivity index (χ4n) is 2.50. The summed E-state index contributed by atoms with van der Waals surface area (Å²) in [6.45, 7) is 2.75. The molecule has 1 heterocycles. The maximum atomic E-state index is 12.3. The van der Waals surface area contributed by atoms with Gasteiger partial charge in [-0.3, -0.25) is 10.1 Å². The molecule has 11 heteroatoms. The molecular formula is C22H20N4O5S2. The second-order valence-corrected chi connectivity index (χ2v) is 10.0. The Bertz CT molecular complexity index is 1290. The summed E-state index contributed by atoms with van der Waals surface area (Å²) in [5.74, 6) is 0.667. The Morgan fingerprint density at radius 3 is 2.15 bits per heavy atom. The van der Waals surface area contributed by atoms with E-state index in [0.717, 1.165) is 17.6 Å². The van der Waals surface area contributed by atoms with Gasteiger partial charge in [-0.25, -0.2) is 8.42 Å². The lowest BCUT2D eigenvalue weighted by Crippen LogP contribution is -2.13. The third kappa shape index (κ3) is 7.13. The van der Waals surface area contributed by atoms with Gasteiger partial charge in [0.2, 0.25) is 19.3 Å². The lowest BCUT2D eigenvalue weighted by Gasteiger charge is -2.09. The average Bonchev–Trinajstić information content (AvgIpc) is 3.26. The first-order valence-electron chi connectivity index (χ1n) is 9.63. The van der Waals surface area contributed by atoms with Crippen LogP contribution in [0.3, 0.4) is 0 Å². The number of anilines is 1. The van der Waals surface area contributed by atoms with Gasteiger partial charge in [0.15, 0.2) is 0 Å². The van der Waals surface area contributed by atoms with E-state index in [2.05, 4.69) is 15.5 Å².